The third-order valence-corrected chi connectivity index (χ3v) is 3.64. The van der Waals surface area contributed by atoms with Crippen LogP contribution in [-0.4, -0.2) is 18.4 Å². The van der Waals surface area contributed by atoms with Crippen molar-refractivity contribution in [1.82, 2.24) is 4.98 Å². The van der Waals surface area contributed by atoms with Gasteiger partial charge in [-0.2, -0.15) is 0 Å². The van der Waals surface area contributed by atoms with Gasteiger partial charge in [0.15, 0.2) is 0 Å². The summed E-state index contributed by atoms with van der Waals surface area (Å²) in [7, 11) is 1.68. The summed E-state index contributed by atoms with van der Waals surface area (Å²) in [4.78, 5) is 14.4. The first-order valence-corrected chi connectivity index (χ1v) is 5.95. The number of carbonyl (C=O) groups is 1. The third-order valence-electron chi connectivity index (χ3n) is 3.64. The van der Waals surface area contributed by atoms with E-state index >= 15 is 0 Å². The zero-order valence-corrected chi connectivity index (χ0v) is 9.82. The Bertz CT molecular complexity index is 571. The van der Waals surface area contributed by atoms with E-state index in [2.05, 4.69) is 11.1 Å². The van der Waals surface area contributed by atoms with E-state index in [1.165, 1.54) is 16.6 Å². The molecule has 88 valence electrons. The summed E-state index contributed by atoms with van der Waals surface area (Å²) in [6.45, 7) is 0. The molecule has 0 radical (unpaired) electrons. The number of aromatic amines is 1. The number of para-hydroxylation sites is 1. The average molecular weight is 229 g/mol. The molecule has 2 aromatic rings. The van der Waals surface area contributed by atoms with Gasteiger partial charge in [-0.15, -0.1) is 0 Å². The van der Waals surface area contributed by atoms with Crippen molar-refractivity contribution in [2.75, 3.05) is 7.11 Å². The average Bonchev–Trinajstić information content (AvgIpc) is 2.76. The normalized spacial score (nSPS) is 19.0. The molecule has 1 unspecified atom stereocenters. The molecule has 1 aliphatic carbocycles. The van der Waals surface area contributed by atoms with Gasteiger partial charge in [0.25, 0.3) is 0 Å². The second-order valence-corrected chi connectivity index (χ2v) is 4.60. The smallest absolute Gasteiger partial charge is 0.142 e. The largest absolute Gasteiger partial charge is 0.495 e. The van der Waals surface area contributed by atoms with E-state index in [9.17, 15) is 4.79 Å². The summed E-state index contributed by atoms with van der Waals surface area (Å²) in [5, 5.41) is 1.20. The highest BCUT2D eigenvalue weighted by atomic mass is 16.5. The number of hydrogen-bond donors (Lipinski definition) is 1. The highest BCUT2D eigenvalue weighted by molar-refractivity contribution is 5.90. The molecule has 3 nitrogen and oxygen atoms in total. The molecule has 3 heteroatoms. The molecule has 3 rings (SSSR count). The first-order valence-electron chi connectivity index (χ1n) is 5.95. The SMILES string of the molecule is COc1cccc2c3c([nH]c12)CCC(C=O)C3. The fourth-order valence-corrected chi connectivity index (χ4v) is 2.73. The van der Waals surface area contributed by atoms with Crippen LogP contribution in [0.2, 0.25) is 0 Å². The van der Waals surface area contributed by atoms with Crippen LogP contribution in [0.1, 0.15) is 17.7 Å². The topological polar surface area (TPSA) is 42.1 Å². The zero-order valence-electron chi connectivity index (χ0n) is 9.82. The first-order chi connectivity index (χ1) is 8.33. The molecular formula is C14H15NO2. The maximum Gasteiger partial charge on any atom is 0.142 e. The highest BCUT2D eigenvalue weighted by Gasteiger charge is 2.22. The van der Waals surface area contributed by atoms with Crippen LogP contribution < -0.4 is 4.74 Å². The fourth-order valence-electron chi connectivity index (χ4n) is 2.73. The van der Waals surface area contributed by atoms with E-state index in [1.54, 1.807) is 7.11 Å². The molecular weight excluding hydrogens is 214 g/mol. The number of benzene rings is 1. The molecule has 0 aliphatic heterocycles. The molecule has 0 saturated heterocycles. The Balaban J connectivity index is 2.19. The number of nitrogens with one attached hydrogen (secondary N) is 1. The summed E-state index contributed by atoms with van der Waals surface area (Å²) >= 11 is 0. The number of H-pyrrole nitrogens is 1. The molecule has 0 spiro atoms. The summed E-state index contributed by atoms with van der Waals surface area (Å²) in [6.07, 6.45) is 3.84. The van der Waals surface area contributed by atoms with Gasteiger partial charge >= 0.3 is 0 Å². The van der Waals surface area contributed by atoms with Gasteiger partial charge in [-0.25, -0.2) is 0 Å². The Labute approximate surface area is 99.8 Å². The lowest BCUT2D eigenvalue weighted by Gasteiger charge is -2.16. The van der Waals surface area contributed by atoms with Crippen molar-refractivity contribution in [2.45, 2.75) is 19.3 Å². The van der Waals surface area contributed by atoms with Crippen molar-refractivity contribution >= 4 is 17.2 Å². The van der Waals surface area contributed by atoms with Crippen molar-refractivity contribution in [3.05, 3.63) is 29.5 Å². The van der Waals surface area contributed by atoms with Gasteiger partial charge < -0.3 is 14.5 Å². The minimum absolute atomic E-state index is 0.174. The van der Waals surface area contributed by atoms with E-state index in [0.29, 0.717) is 0 Å². The lowest BCUT2D eigenvalue weighted by atomic mass is 9.87. The van der Waals surface area contributed by atoms with Gasteiger partial charge in [0, 0.05) is 17.0 Å². The number of carbonyl (C=O) groups excluding carboxylic acids is 1. The molecule has 1 atom stereocenters. The molecule has 1 aromatic carbocycles. The summed E-state index contributed by atoms with van der Waals surface area (Å²) in [6, 6.07) is 6.06. The number of rotatable bonds is 2. The predicted octanol–water partition coefficient (Wildman–Crippen LogP) is 2.48. The van der Waals surface area contributed by atoms with Crippen LogP contribution in [0.15, 0.2) is 18.2 Å². The molecule has 0 amide bonds. The monoisotopic (exact) mass is 229 g/mol. The van der Waals surface area contributed by atoms with E-state index < -0.39 is 0 Å². The van der Waals surface area contributed by atoms with Crippen molar-refractivity contribution < 1.29 is 9.53 Å². The number of fused-ring (bicyclic) bond motifs is 3. The van der Waals surface area contributed by atoms with Crippen LogP contribution in [0.3, 0.4) is 0 Å². The molecule has 1 heterocycles. The minimum Gasteiger partial charge on any atom is -0.495 e. The molecule has 1 aliphatic rings. The predicted molar refractivity (Wildman–Crippen MR) is 66.4 cm³/mol. The lowest BCUT2D eigenvalue weighted by Crippen LogP contribution is -2.14. The molecule has 1 N–H and O–H groups in total. The van der Waals surface area contributed by atoms with Crippen molar-refractivity contribution in [3.63, 3.8) is 0 Å². The first kappa shape index (κ1) is 10.4. The Kier molecular flexibility index (Phi) is 2.39. The van der Waals surface area contributed by atoms with Crippen molar-refractivity contribution in [1.29, 1.82) is 0 Å². The van der Waals surface area contributed by atoms with E-state index in [0.717, 1.165) is 36.8 Å². The second-order valence-electron chi connectivity index (χ2n) is 4.60. The quantitative estimate of drug-likeness (QED) is 0.804. The fraction of sp³-hybridized carbons (Fsp3) is 0.357. The lowest BCUT2D eigenvalue weighted by molar-refractivity contribution is -0.111. The number of aryl methyl sites for hydroxylation is 1. The third kappa shape index (κ3) is 1.54. The maximum absolute atomic E-state index is 10.9. The van der Waals surface area contributed by atoms with Crippen LogP contribution in [0.4, 0.5) is 0 Å². The number of hydrogen-bond acceptors (Lipinski definition) is 2. The van der Waals surface area contributed by atoms with Gasteiger partial charge in [0.2, 0.25) is 0 Å². The summed E-state index contributed by atoms with van der Waals surface area (Å²) < 4.78 is 5.36. The summed E-state index contributed by atoms with van der Waals surface area (Å²) in [5.41, 5.74) is 3.62. The molecule has 0 bridgehead atoms. The Morgan fingerprint density at radius 2 is 2.35 bits per heavy atom. The highest BCUT2D eigenvalue weighted by Crippen LogP contribution is 2.34. The molecule has 0 fully saturated rings. The van der Waals surface area contributed by atoms with Crippen LogP contribution in [0, 0.1) is 5.92 Å². The molecule has 0 saturated carbocycles. The van der Waals surface area contributed by atoms with Gasteiger partial charge in [-0.3, -0.25) is 0 Å². The Hall–Kier alpha value is -1.77. The molecule has 1 aromatic heterocycles. The van der Waals surface area contributed by atoms with Crippen LogP contribution in [0.5, 0.6) is 5.75 Å². The van der Waals surface area contributed by atoms with Gasteiger partial charge in [0.1, 0.15) is 12.0 Å². The number of ether oxygens (including phenoxy) is 1. The minimum atomic E-state index is 0.174. The maximum atomic E-state index is 10.9. The summed E-state index contributed by atoms with van der Waals surface area (Å²) in [5.74, 6) is 1.05. The standard InChI is InChI=1S/C14H15NO2/c1-17-13-4-2-3-10-11-7-9(8-16)5-6-12(11)15-14(10)13/h2-4,8-9,15H,5-7H2,1H3. The molecule has 17 heavy (non-hydrogen) atoms. The van der Waals surface area contributed by atoms with E-state index in [1.807, 2.05) is 12.1 Å². The van der Waals surface area contributed by atoms with Crippen molar-refractivity contribution in [3.8, 4) is 5.75 Å². The van der Waals surface area contributed by atoms with Crippen molar-refractivity contribution in [2.24, 2.45) is 5.92 Å². The van der Waals surface area contributed by atoms with Crippen LogP contribution >= 0.6 is 0 Å². The second kappa shape index (κ2) is 3.91. The zero-order chi connectivity index (χ0) is 11.8. The number of methoxy groups -OCH3 is 1. The van der Waals surface area contributed by atoms with Gasteiger partial charge in [-0.05, 0) is 30.9 Å². The Morgan fingerprint density at radius 1 is 1.47 bits per heavy atom. The van der Waals surface area contributed by atoms with Crippen LogP contribution in [-0.2, 0) is 17.6 Å². The Morgan fingerprint density at radius 3 is 3.12 bits per heavy atom. The van der Waals surface area contributed by atoms with E-state index in [4.69, 9.17) is 4.74 Å². The van der Waals surface area contributed by atoms with E-state index in [-0.39, 0.29) is 5.92 Å². The van der Waals surface area contributed by atoms with Crippen LogP contribution in [0.25, 0.3) is 10.9 Å². The van der Waals surface area contributed by atoms with Gasteiger partial charge in [-0.1, -0.05) is 12.1 Å². The number of aldehydes is 1. The van der Waals surface area contributed by atoms with Gasteiger partial charge in [0.05, 0.1) is 12.6 Å². The number of aromatic nitrogens is 1.